The van der Waals surface area contributed by atoms with E-state index in [0.29, 0.717) is 11.1 Å². The Morgan fingerprint density at radius 2 is 1.91 bits per heavy atom. The third-order valence-corrected chi connectivity index (χ3v) is 10.7. The van der Waals surface area contributed by atoms with E-state index in [1.807, 2.05) is 0 Å². The second-order valence-corrected chi connectivity index (χ2v) is 14.6. The number of allylic oxidation sites excluding steroid dienone is 3. The van der Waals surface area contributed by atoms with E-state index in [9.17, 15) is 44.7 Å². The second-order valence-electron chi connectivity index (χ2n) is 14.2. The molecule has 0 spiro atoms. The van der Waals surface area contributed by atoms with Crippen molar-refractivity contribution < 1.29 is 73.1 Å². The van der Waals surface area contributed by atoms with Crippen molar-refractivity contribution in [2.45, 2.75) is 106 Å². The lowest BCUT2D eigenvalue weighted by Gasteiger charge is -2.45. The van der Waals surface area contributed by atoms with Gasteiger partial charge in [-0.3, -0.25) is 15.0 Å². The van der Waals surface area contributed by atoms with Gasteiger partial charge in [0.2, 0.25) is 5.91 Å². The number of aromatic hydroxyl groups is 1. The number of phenols is 1. The van der Waals surface area contributed by atoms with Crippen LogP contribution in [-0.2, 0) is 39.6 Å². The highest BCUT2D eigenvalue weighted by molar-refractivity contribution is 6.35. The average molecular weight is 799 g/mol. The molecular formula is C35H47ClN4O15. The number of phenolic OH excluding ortho intramolecular Hbond substituents is 1. The van der Waals surface area contributed by atoms with Gasteiger partial charge in [-0.05, 0) is 38.0 Å². The van der Waals surface area contributed by atoms with E-state index in [0.717, 1.165) is 4.90 Å². The van der Waals surface area contributed by atoms with Crippen molar-refractivity contribution in [1.82, 2.24) is 10.6 Å². The summed E-state index contributed by atoms with van der Waals surface area (Å²) in [5.74, 6) is -2.07. The number of rotatable bonds is 5. The summed E-state index contributed by atoms with van der Waals surface area (Å²) in [6.07, 6.45) is -12.3. The summed E-state index contributed by atoms with van der Waals surface area (Å²) in [5.41, 5.74) is 2.72. The molecule has 0 aromatic heterocycles. The van der Waals surface area contributed by atoms with Gasteiger partial charge in [0.1, 0.15) is 53.0 Å². The monoisotopic (exact) mass is 798 g/mol. The van der Waals surface area contributed by atoms with Crippen molar-refractivity contribution >= 4 is 41.5 Å². The van der Waals surface area contributed by atoms with Crippen molar-refractivity contribution in [3.05, 3.63) is 46.5 Å². The Morgan fingerprint density at radius 3 is 2.55 bits per heavy atom. The van der Waals surface area contributed by atoms with Crippen molar-refractivity contribution in [1.29, 1.82) is 0 Å². The molecule has 304 valence electrons. The quantitative estimate of drug-likeness (QED) is 0.148. The Kier molecular flexibility index (Phi) is 12.6. The SMILES string of the molecule is CNC(=O)O[C@H]1CC(=O)N([C@@H]2O[C@H](CO)[C@@H](OC(N)=O)[C@H](O)[C@H]2O)c2cc(cc(O)c2Cl)C/C(C)=C/C=C/[C@@H](OC)[C@@]2(O)C[C@H](OC(=O)N2)[C@@H](C)[C@@H]2O[C@@]12C. The Labute approximate surface area is 320 Å². The highest BCUT2D eigenvalue weighted by atomic mass is 35.5. The number of epoxide rings is 1. The number of alkyl carbamates (subject to hydrolysis) is 2. The van der Waals surface area contributed by atoms with Gasteiger partial charge in [-0.15, -0.1) is 0 Å². The van der Waals surface area contributed by atoms with Crippen LogP contribution in [0.4, 0.5) is 20.1 Å². The van der Waals surface area contributed by atoms with E-state index in [1.54, 1.807) is 39.0 Å². The topological polar surface area (TPSA) is 281 Å². The summed E-state index contributed by atoms with van der Waals surface area (Å²) in [7, 11) is 2.66. The van der Waals surface area contributed by atoms with E-state index >= 15 is 0 Å². The highest BCUT2D eigenvalue weighted by Gasteiger charge is 2.65. The molecule has 5 rings (SSSR count). The van der Waals surface area contributed by atoms with E-state index in [4.69, 9.17) is 45.8 Å². The molecule has 0 saturated carbocycles. The number of aliphatic hydroxyl groups excluding tert-OH is 3. The smallest absolute Gasteiger partial charge is 0.409 e. The number of ether oxygens (including phenoxy) is 6. The summed E-state index contributed by atoms with van der Waals surface area (Å²) < 4.78 is 33.8. The number of carbonyl (C=O) groups excluding carboxylic acids is 4. The van der Waals surface area contributed by atoms with Gasteiger partial charge in [-0.25, -0.2) is 14.4 Å². The number of methoxy groups -OCH3 is 1. The fourth-order valence-corrected chi connectivity index (χ4v) is 7.59. The molecule has 3 saturated heterocycles. The molecule has 4 amide bonds. The number of aliphatic hydroxyl groups is 4. The van der Waals surface area contributed by atoms with Gasteiger partial charge in [-0.1, -0.05) is 42.3 Å². The number of nitrogens with zero attached hydrogens (tertiary/aromatic N) is 1. The van der Waals surface area contributed by atoms with Crippen LogP contribution in [0.15, 0.2) is 35.9 Å². The molecule has 55 heavy (non-hydrogen) atoms. The minimum atomic E-state index is -2.03. The normalized spacial score (nSPS) is 38.3. The van der Waals surface area contributed by atoms with Crippen molar-refractivity contribution in [2.75, 3.05) is 25.7 Å². The molecule has 12 atom stereocenters. The van der Waals surface area contributed by atoms with Gasteiger partial charge in [0.25, 0.3) is 0 Å². The summed E-state index contributed by atoms with van der Waals surface area (Å²) in [4.78, 5) is 52.7. The zero-order chi connectivity index (χ0) is 40.6. The maximum Gasteiger partial charge on any atom is 0.409 e. The van der Waals surface area contributed by atoms with Gasteiger partial charge in [0.15, 0.2) is 18.1 Å². The first kappa shape index (κ1) is 41.9. The number of carbonyl (C=O) groups is 4. The predicted octanol–water partition coefficient (Wildman–Crippen LogP) is 0.451. The molecule has 4 bridgehead atoms. The number of anilines is 1. The zero-order valence-corrected chi connectivity index (χ0v) is 31.5. The summed E-state index contributed by atoms with van der Waals surface area (Å²) in [5, 5.41) is 59.8. The molecule has 19 nitrogen and oxygen atoms in total. The fourth-order valence-electron chi connectivity index (χ4n) is 7.39. The number of benzene rings is 1. The van der Waals surface area contributed by atoms with E-state index in [1.165, 1.54) is 26.3 Å². The van der Waals surface area contributed by atoms with Gasteiger partial charge < -0.3 is 65.0 Å². The molecule has 0 aliphatic carbocycles. The maximum absolute atomic E-state index is 14.7. The van der Waals surface area contributed by atoms with E-state index in [-0.39, 0.29) is 23.6 Å². The van der Waals surface area contributed by atoms with Gasteiger partial charge in [0, 0.05) is 26.5 Å². The van der Waals surface area contributed by atoms with Crippen LogP contribution in [0.2, 0.25) is 5.02 Å². The third kappa shape index (κ3) is 8.63. The van der Waals surface area contributed by atoms with Crippen LogP contribution < -0.4 is 21.3 Å². The Morgan fingerprint density at radius 1 is 1.20 bits per heavy atom. The van der Waals surface area contributed by atoms with Gasteiger partial charge in [-0.2, -0.15) is 0 Å². The molecule has 1 aromatic rings. The summed E-state index contributed by atoms with van der Waals surface area (Å²) in [6.45, 7) is 4.15. The lowest BCUT2D eigenvalue weighted by molar-refractivity contribution is -0.227. The first-order valence-electron chi connectivity index (χ1n) is 17.4. The molecule has 0 radical (unpaired) electrons. The Hall–Kier alpha value is -4.21. The number of nitrogens with two attached hydrogens (primary N) is 1. The molecule has 4 heterocycles. The number of amides is 4. The molecule has 9 N–H and O–H groups in total. The molecule has 4 aliphatic rings. The number of fused-ring (bicyclic) bond motifs is 5. The van der Waals surface area contributed by atoms with Crippen LogP contribution >= 0.6 is 11.6 Å². The summed E-state index contributed by atoms with van der Waals surface area (Å²) in [6, 6.07) is 2.78. The number of hydrogen-bond acceptors (Lipinski definition) is 15. The Balaban J connectivity index is 1.66. The van der Waals surface area contributed by atoms with Crippen molar-refractivity contribution in [3.8, 4) is 5.75 Å². The zero-order valence-electron chi connectivity index (χ0n) is 30.7. The van der Waals surface area contributed by atoms with E-state index in [2.05, 4.69) is 10.6 Å². The Bertz CT molecular complexity index is 1710. The van der Waals surface area contributed by atoms with Crippen molar-refractivity contribution in [3.63, 3.8) is 0 Å². The lowest BCUT2D eigenvalue weighted by Crippen LogP contribution is -2.65. The largest absolute Gasteiger partial charge is 0.506 e. The van der Waals surface area contributed by atoms with E-state index < -0.39 is 115 Å². The van der Waals surface area contributed by atoms with Gasteiger partial charge >= 0.3 is 18.3 Å². The standard InChI is InChI=1S/C35H47ClN4O15/c1-15-7-6-8-22(50-5)35(49)13-20(52-33(48)39-35)16(2)29-34(3,55-29)23(53-32(47)38-4)12-24(43)40(18-10-17(9-15)11-19(42)25(18)36)30-27(45)26(44)28(54-31(37)46)21(14-41)51-30/h6-8,10-11,16,20-23,26-30,41-42,44-45,49H,9,12-14H2,1-5H3,(H2,37,46)(H,38,47)(H,39,48)/b8-6+,15-7+/t16-,20+,21-,22-,23+,26-,27-,28-,29+,30-,34+,35+/m1/s1. The molecule has 0 unspecified atom stereocenters. The number of nitrogens with one attached hydrogen (secondary N) is 2. The van der Waals surface area contributed by atoms with Crippen LogP contribution in [-0.4, -0.2) is 137 Å². The number of hydrogen-bond donors (Lipinski definition) is 8. The molecule has 20 heteroatoms. The molecule has 1 aromatic carbocycles. The molecule has 4 aliphatic heterocycles. The van der Waals surface area contributed by atoms with Crippen molar-refractivity contribution in [2.24, 2.45) is 11.7 Å². The lowest BCUT2D eigenvalue weighted by atomic mass is 9.83. The first-order valence-corrected chi connectivity index (χ1v) is 17.8. The second kappa shape index (κ2) is 16.5. The fraction of sp³-hybridized carbons (Fsp3) is 0.600. The minimum Gasteiger partial charge on any atom is -0.506 e. The predicted molar refractivity (Wildman–Crippen MR) is 190 cm³/mol. The first-order chi connectivity index (χ1) is 25.9. The van der Waals surface area contributed by atoms with Crippen LogP contribution in [0, 0.1) is 5.92 Å². The number of primary amides is 1. The van der Waals surface area contributed by atoms with Crippen LogP contribution in [0.25, 0.3) is 0 Å². The highest BCUT2D eigenvalue weighted by Crippen LogP contribution is 2.49. The molecule has 3 fully saturated rings. The third-order valence-electron chi connectivity index (χ3n) is 10.3. The van der Waals surface area contributed by atoms with Gasteiger partial charge in [0.05, 0.1) is 24.8 Å². The van der Waals surface area contributed by atoms with Crippen LogP contribution in [0.5, 0.6) is 5.75 Å². The molecular weight excluding hydrogens is 752 g/mol. The van der Waals surface area contributed by atoms with Crippen LogP contribution in [0.3, 0.4) is 0 Å². The average Bonchev–Trinajstić information content (AvgIpc) is 3.82. The number of halogens is 1. The summed E-state index contributed by atoms with van der Waals surface area (Å²) >= 11 is 6.65. The minimum absolute atomic E-state index is 0.148. The van der Waals surface area contributed by atoms with Crippen LogP contribution in [0.1, 0.15) is 39.2 Å². The maximum atomic E-state index is 14.7.